The number of non-ortho nitro benzene ring substituents is 1. The number of rotatable bonds is 2. The lowest BCUT2D eigenvalue weighted by Gasteiger charge is -1.99. The van der Waals surface area contributed by atoms with Gasteiger partial charge in [-0.3, -0.25) is 10.1 Å². The zero-order valence-corrected chi connectivity index (χ0v) is 10.2. The van der Waals surface area contributed by atoms with Gasteiger partial charge in [-0.15, -0.1) is 10.2 Å². The first-order chi connectivity index (χ1) is 7.58. The van der Waals surface area contributed by atoms with Crippen LogP contribution in [0.4, 0.5) is 10.8 Å². The van der Waals surface area contributed by atoms with E-state index in [0.29, 0.717) is 20.2 Å². The Morgan fingerprint density at radius 1 is 1.44 bits per heavy atom. The molecule has 0 saturated heterocycles. The smallest absolute Gasteiger partial charge is 0.270 e. The summed E-state index contributed by atoms with van der Waals surface area (Å²) in [6.45, 7) is 0. The van der Waals surface area contributed by atoms with Crippen molar-refractivity contribution in [1.29, 1.82) is 0 Å². The van der Waals surface area contributed by atoms with Crippen LogP contribution in [0, 0.1) is 10.1 Å². The average Bonchev–Trinajstić information content (AvgIpc) is 2.65. The molecule has 1 aromatic heterocycles. The van der Waals surface area contributed by atoms with Crippen LogP contribution in [-0.2, 0) is 0 Å². The molecular weight excluding hydrogens is 296 g/mol. The second-order valence-corrected chi connectivity index (χ2v) is 4.73. The van der Waals surface area contributed by atoms with Crippen LogP contribution in [0.1, 0.15) is 0 Å². The van der Waals surface area contributed by atoms with Crippen LogP contribution >= 0.6 is 27.3 Å². The van der Waals surface area contributed by atoms with E-state index < -0.39 is 4.92 Å². The minimum Gasteiger partial charge on any atom is -0.374 e. The Balaban J connectivity index is 2.55. The van der Waals surface area contributed by atoms with E-state index in [1.165, 1.54) is 23.5 Å². The normalized spacial score (nSPS) is 10.3. The maximum absolute atomic E-state index is 10.6. The van der Waals surface area contributed by atoms with Gasteiger partial charge in [-0.2, -0.15) is 0 Å². The highest BCUT2D eigenvalue weighted by molar-refractivity contribution is 9.10. The van der Waals surface area contributed by atoms with Gasteiger partial charge in [0, 0.05) is 22.2 Å². The molecule has 16 heavy (non-hydrogen) atoms. The van der Waals surface area contributed by atoms with Crippen molar-refractivity contribution < 1.29 is 4.92 Å². The van der Waals surface area contributed by atoms with Gasteiger partial charge in [0.2, 0.25) is 5.13 Å². The summed E-state index contributed by atoms with van der Waals surface area (Å²) in [5.74, 6) is 0. The Morgan fingerprint density at radius 3 is 2.75 bits per heavy atom. The van der Waals surface area contributed by atoms with E-state index in [9.17, 15) is 10.1 Å². The minimum absolute atomic E-state index is 0.00646. The van der Waals surface area contributed by atoms with Crippen molar-refractivity contribution in [3.63, 3.8) is 0 Å². The summed E-state index contributed by atoms with van der Waals surface area (Å²) in [6.07, 6.45) is 0. The number of nitrogens with zero attached hydrogens (tertiary/aromatic N) is 3. The van der Waals surface area contributed by atoms with Gasteiger partial charge in [-0.25, -0.2) is 0 Å². The SMILES string of the molecule is Nc1nnc(-c2cc([N+](=O)[O-])ccc2Br)s1. The maximum atomic E-state index is 10.6. The Labute approximate surface area is 102 Å². The highest BCUT2D eigenvalue weighted by Gasteiger charge is 2.14. The zero-order valence-electron chi connectivity index (χ0n) is 7.75. The monoisotopic (exact) mass is 300 g/mol. The highest BCUT2D eigenvalue weighted by atomic mass is 79.9. The standard InChI is InChI=1S/C8H5BrN4O2S/c9-6-2-1-4(13(14)15)3-5(6)7-11-12-8(10)16-7/h1-3H,(H2,10,12). The van der Waals surface area contributed by atoms with Crippen molar-refractivity contribution in [2.45, 2.75) is 0 Å². The highest BCUT2D eigenvalue weighted by Crippen LogP contribution is 2.33. The van der Waals surface area contributed by atoms with Crippen LogP contribution < -0.4 is 5.73 Å². The number of nitro benzene ring substituents is 1. The molecule has 0 aliphatic heterocycles. The van der Waals surface area contributed by atoms with E-state index >= 15 is 0 Å². The van der Waals surface area contributed by atoms with E-state index in [4.69, 9.17) is 5.73 Å². The molecule has 0 bridgehead atoms. The number of aromatic nitrogens is 2. The first-order valence-electron chi connectivity index (χ1n) is 4.11. The van der Waals surface area contributed by atoms with Crippen molar-refractivity contribution in [1.82, 2.24) is 10.2 Å². The second-order valence-electron chi connectivity index (χ2n) is 2.87. The summed E-state index contributed by atoms with van der Waals surface area (Å²) >= 11 is 4.48. The summed E-state index contributed by atoms with van der Waals surface area (Å²) in [5, 5.41) is 19.0. The second kappa shape index (κ2) is 4.14. The van der Waals surface area contributed by atoms with Crippen molar-refractivity contribution >= 4 is 38.1 Å². The van der Waals surface area contributed by atoms with E-state index in [0.717, 1.165) is 0 Å². The summed E-state index contributed by atoms with van der Waals surface area (Å²) in [5.41, 5.74) is 6.08. The van der Waals surface area contributed by atoms with Crippen molar-refractivity contribution in [3.8, 4) is 10.6 Å². The lowest BCUT2D eigenvalue weighted by Crippen LogP contribution is -1.89. The minimum atomic E-state index is -0.458. The molecule has 8 heteroatoms. The van der Waals surface area contributed by atoms with Gasteiger partial charge in [0.15, 0.2) is 5.01 Å². The number of nitrogens with two attached hydrogens (primary N) is 1. The summed E-state index contributed by atoms with van der Waals surface area (Å²) in [4.78, 5) is 10.2. The fraction of sp³-hybridized carbons (Fsp3) is 0. The summed E-state index contributed by atoms with van der Waals surface area (Å²) in [6, 6.07) is 4.45. The molecule has 2 N–H and O–H groups in total. The van der Waals surface area contributed by atoms with E-state index in [1.807, 2.05) is 0 Å². The summed E-state index contributed by atoms with van der Waals surface area (Å²) in [7, 11) is 0. The van der Waals surface area contributed by atoms with Gasteiger partial charge in [-0.1, -0.05) is 27.3 Å². The van der Waals surface area contributed by atoms with Crippen molar-refractivity contribution in [3.05, 3.63) is 32.8 Å². The third kappa shape index (κ3) is 2.02. The Morgan fingerprint density at radius 2 is 2.19 bits per heavy atom. The molecule has 2 aromatic rings. The first-order valence-corrected chi connectivity index (χ1v) is 5.72. The molecule has 2 rings (SSSR count). The molecule has 0 unspecified atom stereocenters. The third-order valence-electron chi connectivity index (χ3n) is 1.83. The van der Waals surface area contributed by atoms with Gasteiger partial charge < -0.3 is 5.73 Å². The average molecular weight is 301 g/mol. The van der Waals surface area contributed by atoms with Crippen LogP contribution in [0.5, 0.6) is 0 Å². The molecule has 6 nitrogen and oxygen atoms in total. The summed E-state index contributed by atoms with van der Waals surface area (Å²) < 4.78 is 0.717. The predicted octanol–water partition coefficient (Wildman–Crippen LogP) is 2.46. The molecule has 0 spiro atoms. The number of nitro groups is 1. The first kappa shape index (κ1) is 11.0. The third-order valence-corrected chi connectivity index (χ3v) is 3.31. The Kier molecular flexibility index (Phi) is 2.84. The molecule has 0 amide bonds. The molecular formula is C8H5BrN4O2S. The topological polar surface area (TPSA) is 94.9 Å². The molecule has 1 heterocycles. The number of nitrogen functional groups attached to an aromatic ring is 1. The van der Waals surface area contributed by atoms with Crippen LogP contribution in [0.2, 0.25) is 0 Å². The Bertz CT molecular complexity index is 557. The van der Waals surface area contributed by atoms with Crippen LogP contribution in [0.3, 0.4) is 0 Å². The van der Waals surface area contributed by atoms with Crippen molar-refractivity contribution in [2.75, 3.05) is 5.73 Å². The predicted molar refractivity (Wildman–Crippen MR) is 64.1 cm³/mol. The fourth-order valence-electron chi connectivity index (χ4n) is 1.13. The molecule has 0 atom stereocenters. The maximum Gasteiger partial charge on any atom is 0.270 e. The van der Waals surface area contributed by atoms with Crippen molar-refractivity contribution in [2.24, 2.45) is 0 Å². The Hall–Kier alpha value is -1.54. The van der Waals surface area contributed by atoms with E-state index in [2.05, 4.69) is 26.1 Å². The fourth-order valence-corrected chi connectivity index (χ4v) is 2.34. The molecule has 0 aliphatic rings. The number of hydrogen-bond donors (Lipinski definition) is 1. The van der Waals surface area contributed by atoms with Gasteiger partial charge >= 0.3 is 0 Å². The zero-order chi connectivity index (χ0) is 11.7. The molecule has 82 valence electrons. The largest absolute Gasteiger partial charge is 0.374 e. The molecule has 1 aromatic carbocycles. The molecule has 0 saturated carbocycles. The van der Waals surface area contributed by atoms with E-state index in [-0.39, 0.29) is 5.69 Å². The molecule has 0 fully saturated rings. The number of anilines is 1. The van der Waals surface area contributed by atoms with Gasteiger partial charge in [0.1, 0.15) is 0 Å². The van der Waals surface area contributed by atoms with Crippen LogP contribution in [0.15, 0.2) is 22.7 Å². The lowest BCUT2D eigenvalue weighted by molar-refractivity contribution is -0.384. The van der Waals surface area contributed by atoms with E-state index in [1.54, 1.807) is 6.07 Å². The van der Waals surface area contributed by atoms with Crippen LogP contribution in [0.25, 0.3) is 10.6 Å². The number of halogens is 1. The van der Waals surface area contributed by atoms with Crippen LogP contribution in [-0.4, -0.2) is 15.1 Å². The lowest BCUT2D eigenvalue weighted by atomic mass is 10.2. The van der Waals surface area contributed by atoms with Gasteiger partial charge in [0.05, 0.1) is 4.92 Å². The van der Waals surface area contributed by atoms with Gasteiger partial charge in [0.25, 0.3) is 5.69 Å². The molecule has 0 radical (unpaired) electrons. The quantitative estimate of drug-likeness (QED) is 0.679. The molecule has 0 aliphatic carbocycles. The number of benzene rings is 1. The number of hydrogen-bond acceptors (Lipinski definition) is 6. The van der Waals surface area contributed by atoms with Gasteiger partial charge in [-0.05, 0) is 6.07 Å².